The van der Waals surface area contributed by atoms with Crippen LogP contribution >= 0.6 is 11.8 Å². The number of nitro benzene ring substituents is 1. The predicted octanol–water partition coefficient (Wildman–Crippen LogP) is 5.10. The highest BCUT2D eigenvalue weighted by molar-refractivity contribution is 7.98. The molecule has 0 radical (unpaired) electrons. The molecule has 146 valence electrons. The van der Waals surface area contributed by atoms with E-state index < -0.39 is 4.92 Å². The number of aryl methyl sites for hydroxylation is 1. The molecule has 0 saturated carbocycles. The van der Waals surface area contributed by atoms with Gasteiger partial charge in [0.25, 0.3) is 5.69 Å². The Morgan fingerprint density at radius 3 is 2.48 bits per heavy atom. The smallest absolute Gasteiger partial charge is 0.269 e. The fourth-order valence-corrected chi connectivity index (χ4v) is 3.77. The van der Waals surface area contributed by atoms with E-state index in [2.05, 4.69) is 10.2 Å². The van der Waals surface area contributed by atoms with Gasteiger partial charge in [0.2, 0.25) is 0 Å². The van der Waals surface area contributed by atoms with Gasteiger partial charge in [0.15, 0.2) is 11.0 Å². The molecule has 2 aromatic carbocycles. The van der Waals surface area contributed by atoms with Gasteiger partial charge in [0, 0.05) is 23.4 Å². The summed E-state index contributed by atoms with van der Waals surface area (Å²) in [6.45, 7) is 2.56. The molecular weight excluding hydrogens is 388 g/mol. The van der Waals surface area contributed by atoms with Gasteiger partial charge < -0.3 is 4.42 Å². The van der Waals surface area contributed by atoms with Gasteiger partial charge >= 0.3 is 0 Å². The summed E-state index contributed by atoms with van der Waals surface area (Å²) in [5.41, 5.74) is 3.22. The zero-order chi connectivity index (χ0) is 20.2. The molecule has 29 heavy (non-hydrogen) atoms. The lowest BCUT2D eigenvalue weighted by Crippen LogP contribution is -2.03. The lowest BCUT2D eigenvalue weighted by Gasteiger charge is -2.09. The molecule has 0 N–H and O–H groups in total. The van der Waals surface area contributed by atoms with E-state index in [1.807, 2.05) is 47.9 Å². The zero-order valence-electron chi connectivity index (χ0n) is 15.7. The Labute approximate surface area is 171 Å². The van der Waals surface area contributed by atoms with Gasteiger partial charge in [-0.3, -0.25) is 14.7 Å². The first-order valence-electron chi connectivity index (χ1n) is 8.99. The van der Waals surface area contributed by atoms with E-state index in [0.717, 1.165) is 27.9 Å². The number of rotatable bonds is 7. The van der Waals surface area contributed by atoms with Gasteiger partial charge in [0.05, 0.1) is 17.7 Å². The van der Waals surface area contributed by atoms with Crippen LogP contribution < -0.4 is 0 Å². The lowest BCUT2D eigenvalue weighted by atomic mass is 10.1. The van der Waals surface area contributed by atoms with Crippen LogP contribution in [0.4, 0.5) is 5.69 Å². The van der Waals surface area contributed by atoms with Gasteiger partial charge in [-0.1, -0.05) is 53.7 Å². The molecule has 4 aromatic rings. The maximum absolute atomic E-state index is 10.8. The highest BCUT2D eigenvalue weighted by atomic mass is 32.2. The van der Waals surface area contributed by atoms with Crippen molar-refractivity contribution in [3.8, 4) is 11.4 Å². The van der Waals surface area contributed by atoms with Crippen LogP contribution in [-0.2, 0) is 12.3 Å². The summed E-state index contributed by atoms with van der Waals surface area (Å²) in [5.74, 6) is 2.21. The normalized spacial score (nSPS) is 10.9. The second kappa shape index (κ2) is 8.32. The molecule has 0 saturated heterocycles. The Morgan fingerprint density at radius 1 is 1.07 bits per heavy atom. The molecular formula is C21H18N4O3S. The van der Waals surface area contributed by atoms with Crippen molar-refractivity contribution in [3.63, 3.8) is 0 Å². The predicted molar refractivity (Wildman–Crippen MR) is 111 cm³/mol. The van der Waals surface area contributed by atoms with Crippen LogP contribution in [0.5, 0.6) is 0 Å². The van der Waals surface area contributed by atoms with Crippen molar-refractivity contribution < 1.29 is 9.34 Å². The van der Waals surface area contributed by atoms with Gasteiger partial charge in [-0.25, -0.2) is 0 Å². The molecule has 0 unspecified atom stereocenters. The van der Waals surface area contributed by atoms with Gasteiger partial charge in [-0.15, -0.1) is 10.2 Å². The molecule has 0 bridgehead atoms. The topological polar surface area (TPSA) is 87.0 Å². The first kappa shape index (κ1) is 18.9. The number of hydrogen-bond acceptors (Lipinski definition) is 6. The molecule has 0 amide bonds. The van der Waals surface area contributed by atoms with Crippen molar-refractivity contribution in [3.05, 3.63) is 93.9 Å². The van der Waals surface area contributed by atoms with E-state index in [1.165, 1.54) is 29.5 Å². The molecule has 8 heteroatoms. The zero-order valence-corrected chi connectivity index (χ0v) is 16.5. The van der Waals surface area contributed by atoms with Crippen LogP contribution in [0.1, 0.15) is 16.9 Å². The SMILES string of the molecule is Cc1ccc(-c2nnc(SCc3ccc([N+](=O)[O-])cc3)n2Cc2ccco2)cc1. The number of non-ortho nitro benzene ring substituents is 1. The Balaban J connectivity index is 1.60. The first-order valence-corrected chi connectivity index (χ1v) is 9.97. The Hall–Kier alpha value is -3.39. The number of furan rings is 1. The second-order valence-corrected chi connectivity index (χ2v) is 7.49. The van der Waals surface area contributed by atoms with Crippen molar-refractivity contribution in [2.24, 2.45) is 0 Å². The lowest BCUT2D eigenvalue weighted by molar-refractivity contribution is -0.384. The monoisotopic (exact) mass is 406 g/mol. The average Bonchev–Trinajstić information content (AvgIpc) is 3.38. The Morgan fingerprint density at radius 2 is 1.83 bits per heavy atom. The third-order valence-electron chi connectivity index (χ3n) is 4.44. The summed E-state index contributed by atoms with van der Waals surface area (Å²) in [6.07, 6.45) is 1.65. The minimum absolute atomic E-state index is 0.0846. The molecule has 4 rings (SSSR count). The third kappa shape index (κ3) is 4.38. The molecule has 7 nitrogen and oxygen atoms in total. The van der Waals surface area contributed by atoms with Crippen LogP contribution in [0.25, 0.3) is 11.4 Å². The maximum atomic E-state index is 10.8. The van der Waals surface area contributed by atoms with E-state index in [4.69, 9.17) is 4.42 Å². The van der Waals surface area contributed by atoms with Crippen LogP contribution in [-0.4, -0.2) is 19.7 Å². The standard InChI is InChI=1S/C21H18N4O3S/c1-15-4-8-17(9-5-15)20-22-23-21(24(20)13-19-3-2-12-28-19)29-14-16-6-10-18(11-7-16)25(26)27/h2-12H,13-14H2,1H3. The molecule has 0 aliphatic carbocycles. The summed E-state index contributed by atoms with van der Waals surface area (Å²) in [5, 5.41) is 20.4. The summed E-state index contributed by atoms with van der Waals surface area (Å²) in [6, 6.07) is 18.5. The number of hydrogen-bond donors (Lipinski definition) is 0. The molecule has 2 heterocycles. The molecule has 0 atom stereocenters. The van der Waals surface area contributed by atoms with E-state index in [1.54, 1.807) is 18.4 Å². The van der Waals surface area contributed by atoms with Crippen molar-refractivity contribution in [1.29, 1.82) is 0 Å². The number of nitro groups is 1. The Kier molecular flexibility index (Phi) is 5.44. The highest BCUT2D eigenvalue weighted by Gasteiger charge is 2.16. The number of nitrogens with zero attached hydrogens (tertiary/aromatic N) is 4. The van der Waals surface area contributed by atoms with Crippen LogP contribution in [0.3, 0.4) is 0 Å². The van der Waals surface area contributed by atoms with Crippen molar-refractivity contribution in [1.82, 2.24) is 14.8 Å². The van der Waals surface area contributed by atoms with Crippen LogP contribution in [0.15, 0.2) is 76.5 Å². The van der Waals surface area contributed by atoms with Gasteiger partial charge in [-0.05, 0) is 24.6 Å². The molecule has 2 aromatic heterocycles. The fourth-order valence-electron chi connectivity index (χ4n) is 2.87. The fraction of sp³-hybridized carbons (Fsp3) is 0.143. The number of aromatic nitrogens is 3. The average molecular weight is 406 g/mol. The van der Waals surface area contributed by atoms with E-state index in [9.17, 15) is 10.1 Å². The summed E-state index contributed by atoms with van der Waals surface area (Å²) >= 11 is 1.53. The number of thioether (sulfide) groups is 1. The maximum Gasteiger partial charge on any atom is 0.269 e. The number of benzene rings is 2. The van der Waals surface area contributed by atoms with Crippen molar-refractivity contribution in [2.45, 2.75) is 24.4 Å². The van der Waals surface area contributed by atoms with Gasteiger partial charge in [0.1, 0.15) is 5.76 Å². The summed E-state index contributed by atoms with van der Waals surface area (Å²) < 4.78 is 7.55. The minimum Gasteiger partial charge on any atom is -0.467 e. The summed E-state index contributed by atoms with van der Waals surface area (Å²) in [7, 11) is 0. The van der Waals surface area contributed by atoms with Crippen molar-refractivity contribution in [2.75, 3.05) is 0 Å². The van der Waals surface area contributed by atoms with E-state index in [0.29, 0.717) is 12.3 Å². The molecule has 0 aliphatic rings. The van der Waals surface area contributed by atoms with E-state index >= 15 is 0 Å². The van der Waals surface area contributed by atoms with E-state index in [-0.39, 0.29) is 5.69 Å². The summed E-state index contributed by atoms with van der Waals surface area (Å²) in [4.78, 5) is 10.4. The minimum atomic E-state index is -0.398. The largest absolute Gasteiger partial charge is 0.467 e. The molecule has 0 fully saturated rings. The third-order valence-corrected chi connectivity index (χ3v) is 5.47. The first-order chi connectivity index (χ1) is 14.1. The molecule has 0 aliphatic heterocycles. The highest BCUT2D eigenvalue weighted by Crippen LogP contribution is 2.28. The van der Waals surface area contributed by atoms with Gasteiger partial charge in [-0.2, -0.15) is 0 Å². The second-order valence-electron chi connectivity index (χ2n) is 6.55. The van der Waals surface area contributed by atoms with Crippen molar-refractivity contribution >= 4 is 17.4 Å². The van der Waals surface area contributed by atoms with Crippen LogP contribution in [0.2, 0.25) is 0 Å². The Bertz CT molecular complexity index is 1100. The molecule has 0 spiro atoms. The quantitative estimate of drug-likeness (QED) is 0.241. The van der Waals surface area contributed by atoms with Crippen LogP contribution in [0, 0.1) is 17.0 Å².